The van der Waals surface area contributed by atoms with Crippen LogP contribution in [0.5, 0.6) is 5.75 Å². The van der Waals surface area contributed by atoms with E-state index in [4.69, 9.17) is 16.3 Å². The molecule has 1 aromatic rings. The third kappa shape index (κ3) is 2.85. The van der Waals surface area contributed by atoms with E-state index < -0.39 is 5.54 Å². The molecule has 4 nitrogen and oxygen atoms in total. The van der Waals surface area contributed by atoms with Crippen LogP contribution < -0.4 is 15.4 Å². The number of anilines is 1. The molecular formula is C14H19ClN2O2. The van der Waals surface area contributed by atoms with Gasteiger partial charge in [0.1, 0.15) is 5.75 Å². The van der Waals surface area contributed by atoms with E-state index in [1.165, 1.54) is 0 Å². The van der Waals surface area contributed by atoms with Gasteiger partial charge in [0, 0.05) is 11.8 Å². The fourth-order valence-electron chi connectivity index (χ4n) is 2.45. The second kappa shape index (κ2) is 5.80. The Morgan fingerprint density at radius 3 is 2.95 bits per heavy atom. The number of hydrogen-bond donors (Lipinski definition) is 2. The van der Waals surface area contributed by atoms with Crippen molar-refractivity contribution >= 4 is 23.2 Å². The van der Waals surface area contributed by atoms with Crippen molar-refractivity contribution in [2.45, 2.75) is 31.7 Å². The summed E-state index contributed by atoms with van der Waals surface area (Å²) < 4.78 is 5.15. The minimum absolute atomic E-state index is 0.0110. The molecule has 1 atom stereocenters. The maximum atomic E-state index is 12.4. The zero-order valence-electron chi connectivity index (χ0n) is 11.3. The molecule has 1 heterocycles. The summed E-state index contributed by atoms with van der Waals surface area (Å²) in [6.45, 7) is 2.92. The van der Waals surface area contributed by atoms with Crippen LogP contribution in [0.4, 0.5) is 5.69 Å². The van der Waals surface area contributed by atoms with Crippen LogP contribution in [-0.2, 0) is 4.79 Å². The first-order chi connectivity index (χ1) is 9.11. The Kier molecular flexibility index (Phi) is 4.32. The van der Waals surface area contributed by atoms with Crippen LogP contribution >= 0.6 is 11.6 Å². The van der Waals surface area contributed by atoms with Crippen LogP contribution in [0.15, 0.2) is 18.2 Å². The van der Waals surface area contributed by atoms with Crippen molar-refractivity contribution in [3.63, 3.8) is 0 Å². The molecule has 1 aliphatic rings. The first-order valence-electron chi connectivity index (χ1n) is 6.51. The summed E-state index contributed by atoms with van der Waals surface area (Å²) in [5.41, 5.74) is 0.264. The molecule has 0 bridgehead atoms. The highest BCUT2D eigenvalue weighted by Crippen LogP contribution is 2.29. The summed E-state index contributed by atoms with van der Waals surface area (Å²) in [5.74, 6) is 0.571. The van der Waals surface area contributed by atoms with Crippen LogP contribution in [0.2, 0.25) is 5.02 Å². The average molecular weight is 283 g/mol. The molecule has 19 heavy (non-hydrogen) atoms. The van der Waals surface area contributed by atoms with Crippen molar-refractivity contribution in [2.24, 2.45) is 0 Å². The summed E-state index contributed by atoms with van der Waals surface area (Å²) in [5, 5.41) is 6.78. The number of amides is 1. The first kappa shape index (κ1) is 14.2. The van der Waals surface area contributed by atoms with Gasteiger partial charge < -0.3 is 15.4 Å². The maximum Gasteiger partial charge on any atom is 0.244 e. The summed E-state index contributed by atoms with van der Waals surface area (Å²) in [7, 11) is 1.55. The number of methoxy groups -OCH3 is 1. The number of ether oxygens (including phenoxy) is 1. The fraction of sp³-hybridized carbons (Fsp3) is 0.500. The highest BCUT2D eigenvalue weighted by Gasteiger charge is 2.39. The lowest BCUT2D eigenvalue weighted by Crippen LogP contribution is -2.50. The molecule has 0 radical (unpaired) electrons. The Morgan fingerprint density at radius 2 is 2.37 bits per heavy atom. The SMILES string of the molecule is CCC1(C(=O)Nc2ccc(Cl)c(OC)c2)CCCN1. The van der Waals surface area contributed by atoms with Crippen molar-refractivity contribution in [1.29, 1.82) is 0 Å². The van der Waals surface area contributed by atoms with Crippen molar-refractivity contribution in [2.75, 3.05) is 19.0 Å². The molecule has 2 N–H and O–H groups in total. The molecule has 1 fully saturated rings. The van der Waals surface area contributed by atoms with E-state index in [9.17, 15) is 4.79 Å². The molecule has 1 unspecified atom stereocenters. The maximum absolute atomic E-state index is 12.4. The van der Waals surface area contributed by atoms with E-state index in [0.717, 1.165) is 25.8 Å². The average Bonchev–Trinajstić information content (AvgIpc) is 2.91. The third-order valence-corrected chi connectivity index (χ3v) is 4.00. The Morgan fingerprint density at radius 1 is 1.58 bits per heavy atom. The zero-order valence-corrected chi connectivity index (χ0v) is 12.0. The van der Waals surface area contributed by atoms with E-state index >= 15 is 0 Å². The summed E-state index contributed by atoms with van der Waals surface area (Å²) >= 11 is 5.96. The fourth-order valence-corrected chi connectivity index (χ4v) is 2.65. The number of carbonyl (C=O) groups is 1. The monoisotopic (exact) mass is 282 g/mol. The lowest BCUT2D eigenvalue weighted by molar-refractivity contribution is -0.122. The van der Waals surface area contributed by atoms with Gasteiger partial charge in [0.05, 0.1) is 17.7 Å². The number of halogens is 1. The van der Waals surface area contributed by atoms with E-state index in [1.54, 1.807) is 25.3 Å². The van der Waals surface area contributed by atoms with Crippen LogP contribution in [-0.4, -0.2) is 25.1 Å². The molecule has 1 saturated heterocycles. The van der Waals surface area contributed by atoms with Crippen LogP contribution in [0.25, 0.3) is 0 Å². The molecule has 1 aliphatic heterocycles. The highest BCUT2D eigenvalue weighted by atomic mass is 35.5. The number of benzene rings is 1. The normalized spacial score (nSPS) is 22.3. The van der Waals surface area contributed by atoms with Gasteiger partial charge in [0.25, 0.3) is 0 Å². The number of carbonyl (C=O) groups excluding carboxylic acids is 1. The number of nitrogens with one attached hydrogen (secondary N) is 2. The van der Waals surface area contributed by atoms with Crippen molar-refractivity contribution in [1.82, 2.24) is 5.32 Å². The number of rotatable bonds is 4. The summed E-state index contributed by atoms with van der Waals surface area (Å²) in [6, 6.07) is 5.23. The van der Waals surface area contributed by atoms with Gasteiger partial charge in [-0.3, -0.25) is 4.79 Å². The lowest BCUT2D eigenvalue weighted by atomic mass is 9.93. The van der Waals surface area contributed by atoms with Gasteiger partial charge in [-0.15, -0.1) is 0 Å². The van der Waals surface area contributed by atoms with Gasteiger partial charge in [-0.2, -0.15) is 0 Å². The van der Waals surface area contributed by atoms with Gasteiger partial charge in [-0.05, 0) is 37.9 Å². The smallest absolute Gasteiger partial charge is 0.244 e. The second-order valence-corrected chi connectivity index (χ2v) is 5.18. The first-order valence-corrected chi connectivity index (χ1v) is 6.89. The van der Waals surface area contributed by atoms with E-state index in [-0.39, 0.29) is 5.91 Å². The Hall–Kier alpha value is -1.26. The van der Waals surface area contributed by atoms with E-state index in [0.29, 0.717) is 16.5 Å². The Bertz CT molecular complexity index is 471. The molecule has 0 saturated carbocycles. The number of hydrogen-bond acceptors (Lipinski definition) is 3. The molecule has 104 valence electrons. The van der Waals surface area contributed by atoms with Gasteiger partial charge in [-0.25, -0.2) is 0 Å². The quantitative estimate of drug-likeness (QED) is 0.893. The van der Waals surface area contributed by atoms with Gasteiger partial charge in [0.15, 0.2) is 0 Å². The van der Waals surface area contributed by atoms with Crippen LogP contribution in [0.3, 0.4) is 0 Å². The van der Waals surface area contributed by atoms with Crippen molar-refractivity contribution in [3.8, 4) is 5.75 Å². The second-order valence-electron chi connectivity index (χ2n) is 4.77. The molecule has 2 rings (SSSR count). The van der Waals surface area contributed by atoms with Crippen molar-refractivity contribution in [3.05, 3.63) is 23.2 Å². The predicted molar refractivity (Wildman–Crippen MR) is 76.9 cm³/mol. The third-order valence-electron chi connectivity index (χ3n) is 3.69. The highest BCUT2D eigenvalue weighted by molar-refractivity contribution is 6.32. The van der Waals surface area contributed by atoms with Crippen LogP contribution in [0, 0.1) is 0 Å². The van der Waals surface area contributed by atoms with Gasteiger partial charge >= 0.3 is 0 Å². The van der Waals surface area contributed by atoms with Gasteiger partial charge in [-0.1, -0.05) is 18.5 Å². The van der Waals surface area contributed by atoms with E-state index in [2.05, 4.69) is 10.6 Å². The minimum Gasteiger partial charge on any atom is -0.495 e. The predicted octanol–water partition coefficient (Wildman–Crippen LogP) is 2.82. The molecular weight excluding hydrogens is 264 g/mol. The molecule has 1 aromatic carbocycles. The molecule has 0 aliphatic carbocycles. The largest absolute Gasteiger partial charge is 0.495 e. The Labute approximate surface area is 118 Å². The topological polar surface area (TPSA) is 50.4 Å². The molecule has 5 heteroatoms. The minimum atomic E-state index is -0.438. The summed E-state index contributed by atoms with van der Waals surface area (Å²) in [6.07, 6.45) is 2.69. The summed E-state index contributed by atoms with van der Waals surface area (Å²) in [4.78, 5) is 12.4. The molecule has 1 amide bonds. The van der Waals surface area contributed by atoms with Crippen LogP contribution in [0.1, 0.15) is 26.2 Å². The Balaban J connectivity index is 2.14. The lowest BCUT2D eigenvalue weighted by Gasteiger charge is -2.26. The van der Waals surface area contributed by atoms with Crippen molar-refractivity contribution < 1.29 is 9.53 Å². The standard InChI is InChI=1S/C14H19ClN2O2/c1-3-14(7-4-8-16-14)13(18)17-10-5-6-11(15)12(9-10)19-2/h5-6,9,16H,3-4,7-8H2,1-2H3,(H,17,18). The molecule has 0 spiro atoms. The van der Waals surface area contributed by atoms with Gasteiger partial charge in [0.2, 0.25) is 5.91 Å². The van der Waals surface area contributed by atoms with E-state index in [1.807, 2.05) is 6.92 Å². The molecule has 0 aromatic heterocycles. The zero-order chi connectivity index (χ0) is 13.9.